The van der Waals surface area contributed by atoms with Crippen molar-refractivity contribution in [3.8, 4) is 5.69 Å². The molecule has 0 bridgehead atoms. The molecule has 1 aliphatic rings. The summed E-state index contributed by atoms with van der Waals surface area (Å²) in [5.41, 5.74) is 5.42. The lowest BCUT2D eigenvalue weighted by molar-refractivity contribution is -0.138. The Morgan fingerprint density at radius 1 is 0.554 bits per heavy atom. The van der Waals surface area contributed by atoms with E-state index >= 15 is 0 Å². The zero-order valence-electron chi connectivity index (χ0n) is 38.6. The minimum atomic E-state index is -4.38. The number of aryl methyl sites for hydroxylation is 2. The monoisotopic (exact) mass is 1030 g/mol. The maximum atomic E-state index is 13.2. The lowest BCUT2D eigenvalue weighted by Crippen LogP contribution is -2.26. The topological polar surface area (TPSA) is 220 Å². The Kier molecular flexibility index (Phi) is 15.5. The fraction of sp³-hybridized carbons (Fsp3) is 0.240. The van der Waals surface area contributed by atoms with Crippen LogP contribution in [0.4, 0.5) is 35.1 Å². The first-order valence-corrected chi connectivity index (χ1v) is 22.3. The van der Waals surface area contributed by atoms with Crippen molar-refractivity contribution in [2.75, 3.05) is 0 Å². The molecule has 0 spiro atoms. The summed E-state index contributed by atoms with van der Waals surface area (Å²) in [4.78, 5) is 59.5. The van der Waals surface area contributed by atoms with Crippen LogP contribution in [0.15, 0.2) is 122 Å². The van der Waals surface area contributed by atoms with Crippen LogP contribution in [0.5, 0.6) is 0 Å². The highest BCUT2D eigenvalue weighted by Gasteiger charge is 2.36. The van der Waals surface area contributed by atoms with Crippen LogP contribution in [-0.4, -0.2) is 94.6 Å². The molecule has 1 aliphatic carbocycles. The summed E-state index contributed by atoms with van der Waals surface area (Å²) in [7, 11) is 0. The SMILES string of the molecule is CCn1cnc2cc(C(=O)O)ccc21.O=C(O)c1ccc2c(c1)ncn2-c1ccc(C(F)(F)F)cc1.O=C(O)c1ccc2c(c1)ncn2C1CCC(F)(F)CC1.O=C(O)c1ccc2c(c1)ncn2CCC(F)(F)F. The Morgan fingerprint density at radius 3 is 1.42 bits per heavy atom. The summed E-state index contributed by atoms with van der Waals surface area (Å²) in [6, 6.07) is 22.9. The molecule has 1 fully saturated rings. The average molecular weight is 1030 g/mol. The molecule has 0 saturated heterocycles. The Morgan fingerprint density at radius 2 is 0.959 bits per heavy atom. The predicted octanol–water partition coefficient (Wildman–Crippen LogP) is 11.7. The summed E-state index contributed by atoms with van der Waals surface area (Å²) in [5.74, 6) is -6.63. The number of benzene rings is 5. The van der Waals surface area contributed by atoms with Crippen molar-refractivity contribution in [3.05, 3.63) is 150 Å². The van der Waals surface area contributed by atoms with E-state index in [2.05, 4.69) is 19.9 Å². The molecule has 0 unspecified atom stereocenters. The summed E-state index contributed by atoms with van der Waals surface area (Å²) < 4.78 is 107. The predicted molar refractivity (Wildman–Crippen MR) is 252 cm³/mol. The number of hydrogen-bond donors (Lipinski definition) is 4. The number of nitrogens with zero attached hydrogens (tertiary/aromatic N) is 8. The maximum absolute atomic E-state index is 13.2. The van der Waals surface area contributed by atoms with E-state index in [0.717, 1.165) is 35.2 Å². The number of aromatic carboxylic acids is 4. The van der Waals surface area contributed by atoms with Crippen LogP contribution >= 0.6 is 0 Å². The normalized spacial score (nSPS) is 13.6. The zero-order chi connectivity index (χ0) is 53.7. The average Bonchev–Trinajstić information content (AvgIpc) is 4.17. The van der Waals surface area contributed by atoms with Crippen molar-refractivity contribution in [2.24, 2.45) is 0 Å². The van der Waals surface area contributed by atoms with Crippen LogP contribution in [0, 0.1) is 0 Å². The molecule has 10 rings (SSSR count). The van der Waals surface area contributed by atoms with Crippen molar-refractivity contribution in [3.63, 3.8) is 0 Å². The van der Waals surface area contributed by atoms with Gasteiger partial charge in [0.2, 0.25) is 5.92 Å². The molecule has 4 aromatic heterocycles. The molecule has 5 aromatic carbocycles. The minimum absolute atomic E-state index is 0.00954. The summed E-state index contributed by atoms with van der Waals surface area (Å²) in [6.07, 6.45) is -2.88. The molecule has 4 N–H and O–H groups in total. The third kappa shape index (κ3) is 12.7. The molecule has 9 aromatic rings. The first kappa shape index (κ1) is 53.1. The number of aromatic nitrogens is 8. The quantitative estimate of drug-likeness (QED) is 0.0992. The van der Waals surface area contributed by atoms with E-state index < -0.39 is 54.1 Å². The Hall–Kier alpha value is -8.70. The third-order valence-electron chi connectivity index (χ3n) is 11.9. The highest BCUT2D eigenvalue weighted by Crippen LogP contribution is 2.39. The Balaban J connectivity index is 0.000000146. The van der Waals surface area contributed by atoms with Gasteiger partial charge in [0.1, 0.15) is 6.33 Å². The number of fused-ring (bicyclic) bond motifs is 4. The third-order valence-corrected chi connectivity index (χ3v) is 11.9. The van der Waals surface area contributed by atoms with Gasteiger partial charge in [0.05, 0.1) is 97.4 Å². The second kappa shape index (κ2) is 21.6. The van der Waals surface area contributed by atoms with E-state index in [0.29, 0.717) is 46.1 Å². The number of hydrogen-bond acceptors (Lipinski definition) is 8. The van der Waals surface area contributed by atoms with E-state index in [4.69, 9.17) is 20.4 Å². The van der Waals surface area contributed by atoms with Gasteiger partial charge in [-0.3, -0.25) is 4.57 Å². The molecular weight excluding hydrogens is 993 g/mol. The van der Waals surface area contributed by atoms with E-state index in [1.165, 1.54) is 71.8 Å². The largest absolute Gasteiger partial charge is 0.478 e. The van der Waals surface area contributed by atoms with Crippen molar-refractivity contribution >= 4 is 68.0 Å². The van der Waals surface area contributed by atoms with Crippen LogP contribution < -0.4 is 0 Å². The van der Waals surface area contributed by atoms with Gasteiger partial charge in [0.15, 0.2) is 0 Å². The number of halogens is 8. The molecule has 16 nitrogen and oxygen atoms in total. The van der Waals surface area contributed by atoms with Gasteiger partial charge in [-0.25, -0.2) is 47.9 Å². The molecule has 4 heterocycles. The molecule has 24 heteroatoms. The van der Waals surface area contributed by atoms with Gasteiger partial charge in [-0.15, -0.1) is 0 Å². The van der Waals surface area contributed by atoms with Crippen molar-refractivity contribution in [2.45, 2.75) is 76.4 Å². The Bertz CT molecular complexity index is 3500. The number of carboxylic acids is 4. The first-order valence-electron chi connectivity index (χ1n) is 22.3. The lowest BCUT2D eigenvalue weighted by atomic mass is 9.92. The summed E-state index contributed by atoms with van der Waals surface area (Å²) >= 11 is 0. The van der Waals surface area contributed by atoms with Gasteiger partial charge in [0.25, 0.3) is 0 Å². The van der Waals surface area contributed by atoms with Crippen LogP contribution in [0.2, 0.25) is 0 Å². The van der Waals surface area contributed by atoms with Crippen molar-refractivity contribution in [1.82, 2.24) is 38.2 Å². The van der Waals surface area contributed by atoms with Crippen LogP contribution in [0.1, 0.15) is 92.1 Å². The van der Waals surface area contributed by atoms with Crippen molar-refractivity contribution in [1.29, 1.82) is 0 Å². The van der Waals surface area contributed by atoms with E-state index in [1.807, 2.05) is 16.1 Å². The highest BCUT2D eigenvalue weighted by molar-refractivity contribution is 5.94. The lowest BCUT2D eigenvalue weighted by Gasteiger charge is -2.29. The van der Waals surface area contributed by atoms with Gasteiger partial charge in [-0.05, 0) is 117 Å². The number of carboxylic acid groups (broad SMARTS) is 4. The number of rotatable bonds is 9. The second-order valence-corrected chi connectivity index (χ2v) is 16.8. The molecule has 0 atom stereocenters. The molecule has 1 saturated carbocycles. The summed E-state index contributed by atoms with van der Waals surface area (Å²) in [5, 5.41) is 35.4. The van der Waals surface area contributed by atoms with Gasteiger partial charge in [0, 0.05) is 37.7 Å². The van der Waals surface area contributed by atoms with E-state index in [9.17, 15) is 54.3 Å². The standard InChI is InChI=1S/C15H9F3N2O2.C14H14F2N2O2.C11H9F3N2O2.C10H10N2O2/c16-15(17,18)10-2-4-11(5-3-10)20-8-19-12-7-9(14(21)22)1-6-13(12)20;15-14(16)5-3-10(4-6-14)18-8-17-11-7-9(13(19)20)1-2-12(11)18;12-11(13,14)3-4-16-6-15-8-5-7(10(17)18)1-2-9(8)16;1-2-12-6-11-8-5-7(10(13)14)3-4-9(8)12/h1-8H,(H,21,22);1-2,7-8,10H,3-6H2,(H,19,20);1-2,5-6H,3-4H2,(H,17,18);3-6H,2H2,1H3,(H,13,14). The number of imidazole rings is 4. The molecule has 386 valence electrons. The van der Waals surface area contributed by atoms with Crippen LogP contribution in [0.25, 0.3) is 49.8 Å². The number of alkyl halides is 8. The van der Waals surface area contributed by atoms with Crippen LogP contribution in [0.3, 0.4) is 0 Å². The molecule has 74 heavy (non-hydrogen) atoms. The van der Waals surface area contributed by atoms with Gasteiger partial charge in [-0.1, -0.05) is 0 Å². The minimum Gasteiger partial charge on any atom is -0.478 e. The Labute approximate surface area is 412 Å². The summed E-state index contributed by atoms with van der Waals surface area (Å²) in [6.45, 7) is 2.63. The maximum Gasteiger partial charge on any atom is 0.416 e. The van der Waals surface area contributed by atoms with Gasteiger partial charge < -0.3 is 34.1 Å². The molecule has 0 radical (unpaired) electrons. The second-order valence-electron chi connectivity index (χ2n) is 16.8. The highest BCUT2D eigenvalue weighted by atomic mass is 19.4. The number of carbonyl (C=O) groups is 4. The smallest absolute Gasteiger partial charge is 0.416 e. The fourth-order valence-electron chi connectivity index (χ4n) is 7.99. The first-order chi connectivity index (χ1) is 34.9. The van der Waals surface area contributed by atoms with E-state index in [1.54, 1.807) is 47.6 Å². The van der Waals surface area contributed by atoms with Gasteiger partial charge in [-0.2, -0.15) is 26.3 Å². The van der Waals surface area contributed by atoms with Gasteiger partial charge >= 0.3 is 36.2 Å². The molecular formula is C50H42F8N8O8. The zero-order valence-corrected chi connectivity index (χ0v) is 38.6. The van der Waals surface area contributed by atoms with E-state index in [-0.39, 0.29) is 47.7 Å². The van der Waals surface area contributed by atoms with Crippen LogP contribution in [-0.2, 0) is 19.3 Å². The van der Waals surface area contributed by atoms with Crippen molar-refractivity contribution < 1.29 is 74.7 Å². The molecule has 0 amide bonds. The fourth-order valence-corrected chi connectivity index (χ4v) is 7.99. The molecule has 0 aliphatic heterocycles.